The van der Waals surface area contributed by atoms with Gasteiger partial charge in [0.1, 0.15) is 0 Å². The molecule has 2 N–H and O–H groups in total. The van der Waals surface area contributed by atoms with Gasteiger partial charge in [0.05, 0.1) is 18.8 Å². The van der Waals surface area contributed by atoms with Crippen LogP contribution in [0.1, 0.15) is 41.6 Å². The molecule has 2 rings (SSSR count). The smallest absolute Gasteiger partial charge is 0.337 e. The first-order valence-corrected chi connectivity index (χ1v) is 6.77. The van der Waals surface area contributed by atoms with Crippen LogP contribution in [-0.4, -0.2) is 30.3 Å². The Morgan fingerprint density at radius 1 is 1.37 bits per heavy atom. The quantitative estimate of drug-likeness (QED) is 0.814. The molecule has 0 saturated heterocycles. The van der Waals surface area contributed by atoms with Gasteiger partial charge in [-0.2, -0.15) is 0 Å². The van der Waals surface area contributed by atoms with Gasteiger partial charge in [-0.3, -0.25) is 0 Å². The van der Waals surface area contributed by atoms with Crippen molar-refractivity contribution in [3.8, 4) is 0 Å². The molecule has 1 aliphatic carbocycles. The van der Waals surface area contributed by atoms with Gasteiger partial charge in [-0.05, 0) is 43.4 Å². The Bertz CT molecular complexity index is 425. The molecule has 104 valence electrons. The molecule has 0 heterocycles. The second kappa shape index (κ2) is 6.68. The summed E-state index contributed by atoms with van der Waals surface area (Å²) in [6.45, 7) is 0.742. The average Bonchev–Trinajstić information content (AvgIpc) is 2.46. The molecule has 1 aromatic carbocycles. The van der Waals surface area contributed by atoms with Gasteiger partial charge in [0.25, 0.3) is 0 Å². The highest BCUT2D eigenvalue weighted by molar-refractivity contribution is 5.89. The minimum atomic E-state index is -0.303. The van der Waals surface area contributed by atoms with Crippen molar-refractivity contribution >= 4 is 5.97 Å². The van der Waals surface area contributed by atoms with E-state index < -0.39 is 0 Å². The van der Waals surface area contributed by atoms with E-state index in [-0.39, 0.29) is 12.1 Å². The Kier molecular flexibility index (Phi) is 4.93. The lowest BCUT2D eigenvalue weighted by Crippen LogP contribution is -2.34. The molecule has 0 unspecified atom stereocenters. The highest BCUT2D eigenvalue weighted by Gasteiger charge is 2.18. The molecular formula is C15H21NO3. The van der Waals surface area contributed by atoms with E-state index >= 15 is 0 Å². The fourth-order valence-electron chi connectivity index (χ4n) is 2.47. The second-order valence-electron chi connectivity index (χ2n) is 5.08. The number of ether oxygens (including phenoxy) is 1. The van der Waals surface area contributed by atoms with Crippen LogP contribution >= 0.6 is 0 Å². The minimum Gasteiger partial charge on any atom is -0.465 e. The van der Waals surface area contributed by atoms with Crippen LogP contribution in [-0.2, 0) is 11.3 Å². The fraction of sp³-hybridized carbons (Fsp3) is 0.533. The molecule has 19 heavy (non-hydrogen) atoms. The van der Waals surface area contributed by atoms with Crippen molar-refractivity contribution in [2.24, 2.45) is 0 Å². The van der Waals surface area contributed by atoms with Gasteiger partial charge in [0.15, 0.2) is 0 Å². The summed E-state index contributed by atoms with van der Waals surface area (Å²) < 4.78 is 4.71. The zero-order valence-corrected chi connectivity index (χ0v) is 11.3. The normalized spacial score (nSPS) is 23.1. The average molecular weight is 263 g/mol. The molecule has 0 spiro atoms. The molecule has 0 radical (unpaired) electrons. The Morgan fingerprint density at radius 2 is 2.11 bits per heavy atom. The third-order valence-corrected chi connectivity index (χ3v) is 3.64. The van der Waals surface area contributed by atoms with E-state index in [1.54, 1.807) is 6.07 Å². The molecule has 0 amide bonds. The van der Waals surface area contributed by atoms with Crippen LogP contribution in [0, 0.1) is 0 Å². The molecule has 1 aliphatic rings. The van der Waals surface area contributed by atoms with Gasteiger partial charge < -0.3 is 15.2 Å². The van der Waals surface area contributed by atoms with Crippen molar-refractivity contribution in [3.63, 3.8) is 0 Å². The van der Waals surface area contributed by atoms with E-state index in [1.807, 2.05) is 18.2 Å². The minimum absolute atomic E-state index is 0.124. The number of nitrogens with one attached hydrogen (secondary N) is 1. The van der Waals surface area contributed by atoms with Crippen LogP contribution in [0.3, 0.4) is 0 Å². The number of esters is 1. The van der Waals surface area contributed by atoms with E-state index in [4.69, 9.17) is 4.74 Å². The monoisotopic (exact) mass is 263 g/mol. The number of methoxy groups -OCH3 is 1. The van der Waals surface area contributed by atoms with Gasteiger partial charge >= 0.3 is 5.97 Å². The largest absolute Gasteiger partial charge is 0.465 e. The topological polar surface area (TPSA) is 58.6 Å². The van der Waals surface area contributed by atoms with Crippen LogP contribution in [0.25, 0.3) is 0 Å². The Morgan fingerprint density at radius 3 is 2.79 bits per heavy atom. The lowest BCUT2D eigenvalue weighted by atomic mass is 9.93. The van der Waals surface area contributed by atoms with Crippen LogP contribution < -0.4 is 5.32 Å². The SMILES string of the molecule is COC(=O)c1cccc(CNC2CCC(O)CC2)c1. The van der Waals surface area contributed by atoms with E-state index in [9.17, 15) is 9.90 Å². The summed E-state index contributed by atoms with van der Waals surface area (Å²) in [5.41, 5.74) is 1.66. The third-order valence-electron chi connectivity index (χ3n) is 3.64. The van der Waals surface area contributed by atoms with Crippen molar-refractivity contribution < 1.29 is 14.6 Å². The summed E-state index contributed by atoms with van der Waals surface area (Å²) in [7, 11) is 1.39. The molecule has 0 aliphatic heterocycles. The third kappa shape index (κ3) is 4.04. The highest BCUT2D eigenvalue weighted by Crippen LogP contribution is 2.18. The number of carbonyl (C=O) groups excluding carboxylic acids is 1. The van der Waals surface area contributed by atoms with E-state index in [0.29, 0.717) is 11.6 Å². The molecule has 0 bridgehead atoms. The van der Waals surface area contributed by atoms with Crippen LogP contribution in [0.5, 0.6) is 0 Å². The van der Waals surface area contributed by atoms with E-state index in [1.165, 1.54) is 7.11 Å². The lowest BCUT2D eigenvalue weighted by Gasteiger charge is -2.26. The zero-order chi connectivity index (χ0) is 13.7. The van der Waals surface area contributed by atoms with Gasteiger partial charge in [-0.15, -0.1) is 0 Å². The molecule has 4 nitrogen and oxygen atoms in total. The summed E-state index contributed by atoms with van der Waals surface area (Å²) >= 11 is 0. The van der Waals surface area contributed by atoms with E-state index in [2.05, 4.69) is 5.32 Å². The number of aliphatic hydroxyl groups is 1. The molecule has 0 atom stereocenters. The number of hydrogen-bond donors (Lipinski definition) is 2. The first kappa shape index (κ1) is 14.0. The van der Waals surface area contributed by atoms with Gasteiger partial charge in [0.2, 0.25) is 0 Å². The molecule has 1 saturated carbocycles. The number of hydrogen-bond acceptors (Lipinski definition) is 4. The van der Waals surface area contributed by atoms with Crippen molar-refractivity contribution in [2.75, 3.05) is 7.11 Å². The lowest BCUT2D eigenvalue weighted by molar-refractivity contribution is 0.0600. The molecule has 4 heteroatoms. The van der Waals surface area contributed by atoms with E-state index in [0.717, 1.165) is 37.8 Å². The van der Waals surface area contributed by atoms with Gasteiger partial charge in [0, 0.05) is 12.6 Å². The second-order valence-corrected chi connectivity index (χ2v) is 5.08. The van der Waals surface area contributed by atoms with Crippen molar-refractivity contribution in [1.29, 1.82) is 0 Å². The summed E-state index contributed by atoms with van der Waals surface area (Å²) in [6.07, 6.45) is 3.65. The zero-order valence-electron chi connectivity index (χ0n) is 11.3. The van der Waals surface area contributed by atoms with Crippen LogP contribution in [0.15, 0.2) is 24.3 Å². The highest BCUT2D eigenvalue weighted by atomic mass is 16.5. The van der Waals surface area contributed by atoms with Gasteiger partial charge in [-0.25, -0.2) is 4.79 Å². The summed E-state index contributed by atoms with van der Waals surface area (Å²) in [5, 5.41) is 12.9. The Hall–Kier alpha value is -1.39. The van der Waals surface area contributed by atoms with Gasteiger partial charge in [-0.1, -0.05) is 12.1 Å². The Balaban J connectivity index is 1.87. The maximum absolute atomic E-state index is 11.4. The molecule has 0 aromatic heterocycles. The molecular weight excluding hydrogens is 242 g/mol. The summed E-state index contributed by atoms with van der Waals surface area (Å²) in [5.74, 6) is -0.303. The number of carbonyl (C=O) groups is 1. The maximum Gasteiger partial charge on any atom is 0.337 e. The fourth-order valence-corrected chi connectivity index (χ4v) is 2.47. The number of rotatable bonds is 4. The predicted octanol–water partition coefficient (Wildman–Crippen LogP) is 1.87. The van der Waals surface area contributed by atoms with Crippen LogP contribution in [0.4, 0.5) is 0 Å². The molecule has 1 fully saturated rings. The summed E-state index contributed by atoms with van der Waals surface area (Å²) in [6, 6.07) is 7.94. The maximum atomic E-state index is 11.4. The first-order valence-electron chi connectivity index (χ1n) is 6.77. The standard InChI is InChI=1S/C15H21NO3/c1-19-15(18)12-4-2-3-11(9-12)10-16-13-5-7-14(17)8-6-13/h2-4,9,13-14,16-17H,5-8,10H2,1H3. The van der Waals surface area contributed by atoms with Crippen molar-refractivity contribution in [1.82, 2.24) is 5.32 Å². The summed E-state index contributed by atoms with van der Waals surface area (Å²) in [4.78, 5) is 11.4. The first-order chi connectivity index (χ1) is 9.19. The number of aliphatic hydroxyl groups excluding tert-OH is 1. The molecule has 1 aromatic rings. The van der Waals surface area contributed by atoms with Crippen LogP contribution in [0.2, 0.25) is 0 Å². The number of benzene rings is 1. The predicted molar refractivity (Wildman–Crippen MR) is 72.9 cm³/mol. The van der Waals surface area contributed by atoms with Crippen molar-refractivity contribution in [3.05, 3.63) is 35.4 Å². The van der Waals surface area contributed by atoms with Crippen molar-refractivity contribution in [2.45, 2.75) is 44.4 Å². The Labute approximate surface area is 113 Å².